The predicted molar refractivity (Wildman–Crippen MR) is 200 cm³/mol. The smallest absolute Gasteiger partial charge is 0.0540 e. The van der Waals surface area contributed by atoms with Gasteiger partial charge in [-0.1, -0.05) is 123 Å². The number of anilines is 3. The van der Waals surface area contributed by atoms with Crippen molar-refractivity contribution in [1.29, 1.82) is 0 Å². The molecule has 0 unspecified atom stereocenters. The van der Waals surface area contributed by atoms with Crippen LogP contribution >= 0.6 is 22.7 Å². The Labute approximate surface area is 277 Å². The van der Waals surface area contributed by atoms with E-state index in [0.29, 0.717) is 0 Å². The summed E-state index contributed by atoms with van der Waals surface area (Å²) in [6.45, 7) is 4.78. The Bertz CT molecular complexity index is 2370. The lowest BCUT2D eigenvalue weighted by molar-refractivity contribution is 0.669. The summed E-state index contributed by atoms with van der Waals surface area (Å²) < 4.78 is 1.39. The van der Waals surface area contributed by atoms with E-state index in [1.54, 1.807) is 0 Å². The zero-order chi connectivity index (χ0) is 30.8. The van der Waals surface area contributed by atoms with Gasteiger partial charge in [0.15, 0.2) is 0 Å². The van der Waals surface area contributed by atoms with Crippen molar-refractivity contribution < 1.29 is 0 Å². The number of nitrogens with zero attached hydrogens (tertiary/aromatic N) is 1. The summed E-state index contributed by atoms with van der Waals surface area (Å²) in [5.74, 6) is 0. The third kappa shape index (κ3) is 4.27. The van der Waals surface area contributed by atoms with Gasteiger partial charge in [0.25, 0.3) is 0 Å². The van der Waals surface area contributed by atoms with Gasteiger partial charge < -0.3 is 4.90 Å². The first-order valence-electron chi connectivity index (χ1n) is 15.8. The second-order valence-corrected chi connectivity index (χ2v) is 14.7. The van der Waals surface area contributed by atoms with Crippen molar-refractivity contribution in [2.75, 3.05) is 4.90 Å². The van der Waals surface area contributed by atoms with Crippen LogP contribution < -0.4 is 4.90 Å². The van der Waals surface area contributed by atoms with Crippen molar-refractivity contribution in [2.45, 2.75) is 19.3 Å². The summed E-state index contributed by atoms with van der Waals surface area (Å²) in [7, 11) is 0. The van der Waals surface area contributed by atoms with Gasteiger partial charge in [0.1, 0.15) is 0 Å². The van der Waals surface area contributed by atoms with Gasteiger partial charge in [0, 0.05) is 41.5 Å². The highest BCUT2D eigenvalue weighted by atomic mass is 32.1. The molecule has 3 heteroatoms. The Morgan fingerprint density at radius 1 is 0.500 bits per heavy atom. The van der Waals surface area contributed by atoms with Crippen LogP contribution in [0.25, 0.3) is 52.2 Å². The average molecular weight is 626 g/mol. The molecule has 1 nitrogen and oxygen atoms in total. The Hall–Kier alpha value is -4.96. The molecule has 0 aliphatic heterocycles. The zero-order valence-electron chi connectivity index (χ0n) is 25.7. The number of benzene rings is 6. The van der Waals surface area contributed by atoms with Crippen molar-refractivity contribution >= 4 is 60.6 Å². The molecule has 9 rings (SSSR count). The summed E-state index contributed by atoms with van der Waals surface area (Å²) in [4.78, 5) is 6.62. The molecule has 1 aliphatic carbocycles. The Balaban J connectivity index is 1.13. The summed E-state index contributed by atoms with van der Waals surface area (Å²) in [6, 6.07) is 55.3. The van der Waals surface area contributed by atoms with Gasteiger partial charge in [-0.2, -0.15) is 0 Å². The standard InChI is InChI=1S/C43H31NS2/c1-43(2)36-27-39(46-41(36)42-40(43)35-16-8-9-18-38(35)45-42)31-21-25-33(26-22-31)44(37-17-10-14-30-13-6-7-15-34(30)37)32-23-19-29(20-24-32)28-11-4-3-5-12-28/h3-27H,1-2H3. The van der Waals surface area contributed by atoms with E-state index in [1.807, 2.05) is 22.7 Å². The van der Waals surface area contributed by atoms with Crippen molar-refractivity contribution in [1.82, 2.24) is 0 Å². The maximum atomic E-state index is 2.45. The van der Waals surface area contributed by atoms with Crippen LogP contribution in [0.2, 0.25) is 0 Å². The number of hydrogen-bond donors (Lipinski definition) is 0. The molecule has 1 aliphatic rings. The van der Waals surface area contributed by atoms with E-state index < -0.39 is 0 Å². The molecule has 0 bridgehead atoms. The summed E-state index contributed by atoms with van der Waals surface area (Å²) >= 11 is 3.89. The zero-order valence-corrected chi connectivity index (χ0v) is 27.3. The largest absolute Gasteiger partial charge is 0.310 e. The van der Waals surface area contributed by atoms with Crippen LogP contribution in [0, 0.1) is 0 Å². The molecule has 0 saturated carbocycles. The summed E-state index contributed by atoms with van der Waals surface area (Å²) in [6.07, 6.45) is 0. The lowest BCUT2D eigenvalue weighted by atomic mass is 9.82. The second kappa shape index (κ2) is 10.6. The first-order valence-corrected chi connectivity index (χ1v) is 17.4. The van der Waals surface area contributed by atoms with Gasteiger partial charge in [0.2, 0.25) is 0 Å². The van der Waals surface area contributed by atoms with E-state index in [9.17, 15) is 0 Å². The van der Waals surface area contributed by atoms with Crippen LogP contribution in [0.3, 0.4) is 0 Å². The van der Waals surface area contributed by atoms with Crippen LogP contribution in [-0.2, 0) is 5.41 Å². The van der Waals surface area contributed by atoms with Gasteiger partial charge in [-0.15, -0.1) is 22.7 Å². The highest BCUT2D eigenvalue weighted by Gasteiger charge is 2.40. The Morgan fingerprint density at radius 3 is 1.87 bits per heavy atom. The van der Waals surface area contributed by atoms with E-state index in [1.165, 1.54) is 69.0 Å². The lowest BCUT2D eigenvalue weighted by Gasteiger charge is -2.27. The molecule has 0 radical (unpaired) electrons. The Kier molecular flexibility index (Phi) is 6.28. The fraction of sp³-hybridized carbons (Fsp3) is 0.0698. The maximum absolute atomic E-state index is 2.45. The van der Waals surface area contributed by atoms with E-state index in [-0.39, 0.29) is 5.41 Å². The molecular formula is C43H31NS2. The molecule has 8 aromatic rings. The fourth-order valence-corrected chi connectivity index (χ4v) is 10.0. The van der Waals surface area contributed by atoms with Gasteiger partial charge in [0.05, 0.1) is 5.69 Å². The highest BCUT2D eigenvalue weighted by Crippen LogP contribution is 2.59. The molecule has 220 valence electrons. The van der Waals surface area contributed by atoms with Crippen LogP contribution in [0.15, 0.2) is 152 Å². The molecule has 0 spiro atoms. The van der Waals surface area contributed by atoms with Gasteiger partial charge >= 0.3 is 0 Å². The summed E-state index contributed by atoms with van der Waals surface area (Å²) in [5.41, 5.74) is 10.1. The van der Waals surface area contributed by atoms with E-state index in [4.69, 9.17) is 0 Å². The SMILES string of the molecule is CC1(C)c2cc(-c3ccc(N(c4ccc(-c5ccccc5)cc4)c4cccc5ccccc45)cc3)sc2-c2sc3ccccc3c21. The molecule has 6 aromatic carbocycles. The second-order valence-electron chi connectivity index (χ2n) is 12.6. The Morgan fingerprint density at radius 2 is 1.11 bits per heavy atom. The molecule has 0 atom stereocenters. The molecule has 2 heterocycles. The average Bonchev–Trinajstić information content (AvgIpc) is 3.78. The third-order valence-electron chi connectivity index (χ3n) is 9.48. The van der Waals surface area contributed by atoms with Crippen LogP contribution in [-0.4, -0.2) is 0 Å². The third-order valence-corrected chi connectivity index (χ3v) is 12.0. The summed E-state index contributed by atoms with van der Waals surface area (Å²) in [5, 5.41) is 3.88. The quantitative estimate of drug-likeness (QED) is 0.184. The van der Waals surface area contributed by atoms with Crippen molar-refractivity contribution in [3.8, 4) is 31.3 Å². The normalized spacial score (nSPS) is 13.2. The van der Waals surface area contributed by atoms with Crippen LogP contribution in [0.4, 0.5) is 17.1 Å². The molecule has 0 fully saturated rings. The van der Waals surface area contributed by atoms with Crippen molar-refractivity contribution in [3.63, 3.8) is 0 Å². The van der Waals surface area contributed by atoms with Crippen LogP contribution in [0.1, 0.15) is 25.0 Å². The maximum Gasteiger partial charge on any atom is 0.0540 e. The monoisotopic (exact) mass is 625 g/mol. The predicted octanol–water partition coefficient (Wildman–Crippen LogP) is 13.2. The number of rotatable bonds is 5. The highest BCUT2D eigenvalue weighted by molar-refractivity contribution is 7.27. The molecule has 0 N–H and O–H groups in total. The van der Waals surface area contributed by atoms with Gasteiger partial charge in [-0.05, 0) is 81.1 Å². The van der Waals surface area contributed by atoms with Crippen LogP contribution in [0.5, 0.6) is 0 Å². The molecular weight excluding hydrogens is 595 g/mol. The first-order chi connectivity index (χ1) is 22.6. The minimum atomic E-state index is -0.00393. The van der Waals surface area contributed by atoms with Gasteiger partial charge in [-0.25, -0.2) is 0 Å². The number of thiophene rings is 2. The minimum absolute atomic E-state index is 0.00393. The van der Waals surface area contributed by atoms with E-state index in [0.717, 1.165) is 11.4 Å². The topological polar surface area (TPSA) is 3.24 Å². The molecule has 0 amide bonds. The van der Waals surface area contributed by atoms with E-state index in [2.05, 4.69) is 170 Å². The van der Waals surface area contributed by atoms with Crippen molar-refractivity contribution in [2.24, 2.45) is 0 Å². The first kappa shape index (κ1) is 27.4. The van der Waals surface area contributed by atoms with Gasteiger partial charge in [-0.3, -0.25) is 0 Å². The van der Waals surface area contributed by atoms with E-state index >= 15 is 0 Å². The molecule has 2 aromatic heterocycles. The minimum Gasteiger partial charge on any atom is -0.310 e. The number of hydrogen-bond acceptors (Lipinski definition) is 3. The molecule has 0 saturated heterocycles. The fourth-order valence-electron chi connectivity index (χ4n) is 7.17. The van der Waals surface area contributed by atoms with Crippen molar-refractivity contribution in [3.05, 3.63) is 163 Å². The number of fused-ring (bicyclic) bond motifs is 6. The lowest BCUT2D eigenvalue weighted by Crippen LogP contribution is -2.14. The molecule has 46 heavy (non-hydrogen) atoms.